The minimum absolute atomic E-state index is 0.206. The molecule has 0 amide bonds. The van der Waals surface area contributed by atoms with E-state index in [0.717, 1.165) is 28.2 Å². The summed E-state index contributed by atoms with van der Waals surface area (Å²) in [4.78, 5) is 16.3. The zero-order valence-corrected chi connectivity index (χ0v) is 13.7. The number of aryl methyl sites for hydroxylation is 2. The molecule has 0 saturated heterocycles. The normalized spacial score (nSPS) is 10.9. The molecule has 3 rings (SSSR count). The summed E-state index contributed by atoms with van der Waals surface area (Å²) >= 11 is 0. The lowest BCUT2D eigenvalue weighted by atomic mass is 10.1. The number of aromatic nitrogens is 2. The first-order chi connectivity index (χ1) is 11.1. The topological polar surface area (TPSA) is 43.6 Å². The molecule has 3 aromatic rings. The van der Waals surface area contributed by atoms with Crippen LogP contribution in [0, 0.1) is 13.8 Å². The summed E-state index contributed by atoms with van der Waals surface area (Å²) in [6, 6.07) is 12.2. The van der Waals surface area contributed by atoms with Crippen LogP contribution in [0.15, 0.2) is 42.6 Å². The molecule has 1 aromatic carbocycles. The number of esters is 1. The van der Waals surface area contributed by atoms with Gasteiger partial charge in [0, 0.05) is 18.2 Å². The fourth-order valence-corrected chi connectivity index (χ4v) is 2.53. The van der Waals surface area contributed by atoms with E-state index in [1.54, 1.807) is 6.92 Å². The molecular weight excluding hydrogens is 288 g/mol. The molecule has 118 valence electrons. The molecule has 0 radical (unpaired) electrons. The lowest BCUT2D eigenvalue weighted by Crippen LogP contribution is -2.05. The first kappa shape index (κ1) is 15.3. The minimum atomic E-state index is -0.206. The maximum Gasteiger partial charge on any atom is 0.305 e. The Kier molecular flexibility index (Phi) is 4.15. The van der Waals surface area contributed by atoms with Gasteiger partial charge >= 0.3 is 5.97 Å². The Morgan fingerprint density at radius 3 is 2.48 bits per heavy atom. The van der Waals surface area contributed by atoms with E-state index in [4.69, 9.17) is 9.72 Å². The third kappa shape index (κ3) is 3.11. The van der Waals surface area contributed by atoms with Crippen LogP contribution in [-0.4, -0.2) is 15.4 Å². The van der Waals surface area contributed by atoms with Crippen LogP contribution < -0.4 is 0 Å². The summed E-state index contributed by atoms with van der Waals surface area (Å²) in [6.45, 7) is 6.11. The highest BCUT2D eigenvalue weighted by Crippen LogP contribution is 2.26. The average molecular weight is 308 g/mol. The fourth-order valence-electron chi connectivity index (χ4n) is 2.53. The third-order valence-corrected chi connectivity index (χ3v) is 3.85. The first-order valence-electron chi connectivity index (χ1n) is 7.78. The Labute approximate surface area is 135 Å². The largest absolute Gasteiger partial charge is 0.459 e. The summed E-state index contributed by atoms with van der Waals surface area (Å²) in [5.41, 5.74) is 5.97. The summed E-state index contributed by atoms with van der Waals surface area (Å²) in [7, 11) is 0. The number of imidazole rings is 1. The molecule has 0 saturated carbocycles. The van der Waals surface area contributed by atoms with Gasteiger partial charge in [-0.2, -0.15) is 0 Å². The van der Waals surface area contributed by atoms with Crippen LogP contribution >= 0.6 is 0 Å². The summed E-state index contributed by atoms with van der Waals surface area (Å²) in [5, 5.41) is 0. The van der Waals surface area contributed by atoms with Gasteiger partial charge in [-0.25, -0.2) is 4.98 Å². The molecular formula is C19H20N2O2. The Bertz CT molecular complexity index is 848. The van der Waals surface area contributed by atoms with Crippen molar-refractivity contribution >= 4 is 11.6 Å². The fraction of sp³-hybridized carbons (Fsp3) is 0.263. The van der Waals surface area contributed by atoms with Crippen LogP contribution in [0.4, 0.5) is 0 Å². The van der Waals surface area contributed by atoms with E-state index in [2.05, 4.69) is 31.2 Å². The van der Waals surface area contributed by atoms with Crippen LogP contribution in [0.1, 0.15) is 30.2 Å². The maximum atomic E-state index is 11.6. The number of benzene rings is 1. The Morgan fingerprint density at radius 2 is 1.78 bits per heavy atom. The summed E-state index contributed by atoms with van der Waals surface area (Å²) in [6.07, 6.45) is 2.39. The molecule has 0 aliphatic rings. The quantitative estimate of drug-likeness (QED) is 0.682. The molecule has 4 heteroatoms. The van der Waals surface area contributed by atoms with Crippen LogP contribution in [0.25, 0.3) is 16.9 Å². The van der Waals surface area contributed by atoms with Gasteiger partial charge in [-0.1, -0.05) is 42.8 Å². The number of hydrogen-bond donors (Lipinski definition) is 0. The molecule has 0 aliphatic heterocycles. The van der Waals surface area contributed by atoms with Gasteiger partial charge in [0.15, 0.2) is 0 Å². The van der Waals surface area contributed by atoms with Crippen molar-refractivity contribution in [1.82, 2.24) is 9.38 Å². The molecule has 0 spiro atoms. The second-order valence-electron chi connectivity index (χ2n) is 5.72. The third-order valence-electron chi connectivity index (χ3n) is 3.85. The van der Waals surface area contributed by atoms with Crippen LogP contribution in [-0.2, 0) is 16.1 Å². The van der Waals surface area contributed by atoms with Crippen molar-refractivity contribution in [1.29, 1.82) is 0 Å². The average Bonchev–Trinajstić information content (AvgIpc) is 2.91. The van der Waals surface area contributed by atoms with E-state index in [1.165, 1.54) is 5.56 Å². The number of hydrogen-bond acceptors (Lipinski definition) is 3. The van der Waals surface area contributed by atoms with E-state index in [1.807, 2.05) is 29.7 Å². The van der Waals surface area contributed by atoms with Crippen molar-refractivity contribution < 1.29 is 9.53 Å². The van der Waals surface area contributed by atoms with Crippen molar-refractivity contribution in [3.05, 3.63) is 59.4 Å². The second kappa shape index (κ2) is 6.24. The Balaban J connectivity index is 2.11. The van der Waals surface area contributed by atoms with Crippen molar-refractivity contribution in [3.8, 4) is 11.3 Å². The number of nitrogens with zero attached hydrogens (tertiary/aromatic N) is 2. The van der Waals surface area contributed by atoms with Gasteiger partial charge in [-0.3, -0.25) is 9.20 Å². The predicted molar refractivity (Wildman–Crippen MR) is 90.2 cm³/mol. The smallest absolute Gasteiger partial charge is 0.305 e. The molecule has 23 heavy (non-hydrogen) atoms. The molecule has 0 atom stereocenters. The monoisotopic (exact) mass is 308 g/mol. The van der Waals surface area contributed by atoms with Gasteiger partial charge in [-0.15, -0.1) is 0 Å². The van der Waals surface area contributed by atoms with Gasteiger partial charge in [0.2, 0.25) is 0 Å². The van der Waals surface area contributed by atoms with Crippen LogP contribution in [0.2, 0.25) is 0 Å². The number of rotatable bonds is 4. The zero-order valence-electron chi connectivity index (χ0n) is 13.7. The Hall–Kier alpha value is -2.62. The van der Waals surface area contributed by atoms with E-state index in [0.29, 0.717) is 6.42 Å². The summed E-state index contributed by atoms with van der Waals surface area (Å²) < 4.78 is 7.38. The second-order valence-corrected chi connectivity index (χ2v) is 5.72. The molecule has 0 aliphatic carbocycles. The van der Waals surface area contributed by atoms with Gasteiger partial charge in [0.25, 0.3) is 0 Å². The lowest BCUT2D eigenvalue weighted by Gasteiger charge is -2.07. The molecule has 0 fully saturated rings. The SMILES string of the molecule is CCC(=O)OCc1c(-c2ccc(C)cc2)nc2ccc(C)cn12. The molecule has 2 heterocycles. The number of ether oxygens (including phenoxy) is 1. The van der Waals surface area contributed by atoms with E-state index < -0.39 is 0 Å². The van der Waals surface area contributed by atoms with Crippen molar-refractivity contribution in [3.63, 3.8) is 0 Å². The van der Waals surface area contributed by atoms with Crippen molar-refractivity contribution in [2.75, 3.05) is 0 Å². The van der Waals surface area contributed by atoms with E-state index >= 15 is 0 Å². The minimum Gasteiger partial charge on any atom is -0.459 e. The van der Waals surface area contributed by atoms with Gasteiger partial charge in [0.05, 0.1) is 11.4 Å². The highest BCUT2D eigenvalue weighted by Gasteiger charge is 2.15. The van der Waals surface area contributed by atoms with Crippen LogP contribution in [0.3, 0.4) is 0 Å². The maximum absolute atomic E-state index is 11.6. The highest BCUT2D eigenvalue weighted by atomic mass is 16.5. The van der Waals surface area contributed by atoms with Crippen molar-refractivity contribution in [2.45, 2.75) is 33.8 Å². The number of carbonyl (C=O) groups is 1. The summed E-state index contributed by atoms with van der Waals surface area (Å²) in [5.74, 6) is -0.206. The van der Waals surface area contributed by atoms with Crippen molar-refractivity contribution in [2.24, 2.45) is 0 Å². The molecule has 0 bridgehead atoms. The van der Waals surface area contributed by atoms with Gasteiger partial charge in [-0.05, 0) is 25.5 Å². The Morgan fingerprint density at radius 1 is 1.09 bits per heavy atom. The standard InChI is InChI=1S/C19H20N2O2/c1-4-18(22)23-12-16-19(15-8-5-13(2)6-9-15)20-17-10-7-14(3)11-21(16)17/h5-11H,4,12H2,1-3H3. The first-order valence-corrected chi connectivity index (χ1v) is 7.78. The number of pyridine rings is 1. The molecule has 0 unspecified atom stereocenters. The number of fused-ring (bicyclic) bond motifs is 1. The zero-order chi connectivity index (χ0) is 16.4. The molecule has 0 N–H and O–H groups in total. The van der Waals surface area contributed by atoms with Gasteiger partial charge < -0.3 is 4.74 Å². The highest BCUT2D eigenvalue weighted by molar-refractivity contribution is 5.70. The molecule has 4 nitrogen and oxygen atoms in total. The van der Waals surface area contributed by atoms with Crippen LogP contribution in [0.5, 0.6) is 0 Å². The van der Waals surface area contributed by atoms with E-state index in [-0.39, 0.29) is 12.6 Å². The predicted octanol–water partition coefficient (Wildman–Crippen LogP) is 4.07. The lowest BCUT2D eigenvalue weighted by molar-refractivity contribution is -0.144. The number of carbonyl (C=O) groups excluding carboxylic acids is 1. The van der Waals surface area contributed by atoms with Gasteiger partial charge in [0.1, 0.15) is 12.3 Å². The van der Waals surface area contributed by atoms with E-state index in [9.17, 15) is 4.79 Å². The molecule has 2 aromatic heterocycles.